The van der Waals surface area contributed by atoms with Crippen molar-refractivity contribution >= 4 is 31.7 Å². The first-order valence-corrected chi connectivity index (χ1v) is 9.56. The number of ether oxygens (including phenoxy) is 1. The van der Waals surface area contributed by atoms with Gasteiger partial charge in [-0.1, -0.05) is 6.07 Å². The first-order chi connectivity index (χ1) is 10.4. The van der Waals surface area contributed by atoms with Crippen molar-refractivity contribution in [3.05, 3.63) is 28.2 Å². The number of hydrogen-bond acceptors (Lipinski definition) is 4. The Morgan fingerprint density at radius 3 is 2.50 bits per heavy atom. The molecule has 2 fully saturated rings. The fourth-order valence-electron chi connectivity index (χ4n) is 2.79. The van der Waals surface area contributed by atoms with Crippen LogP contribution in [0.1, 0.15) is 30.7 Å². The van der Waals surface area contributed by atoms with E-state index in [-0.39, 0.29) is 30.4 Å². The summed E-state index contributed by atoms with van der Waals surface area (Å²) < 4.78 is 30.3. The third-order valence-electron chi connectivity index (χ3n) is 4.32. The number of carboxylic acids is 1. The quantitative estimate of drug-likeness (QED) is 0.809. The Morgan fingerprint density at radius 2 is 2.05 bits per heavy atom. The van der Waals surface area contributed by atoms with Crippen LogP contribution in [0.25, 0.3) is 0 Å². The fourth-order valence-corrected chi connectivity index (χ4v) is 5.37. The van der Waals surface area contributed by atoms with Gasteiger partial charge in [0.2, 0.25) is 0 Å². The van der Waals surface area contributed by atoms with Gasteiger partial charge in [0, 0.05) is 4.47 Å². The second kappa shape index (κ2) is 5.94. The highest BCUT2D eigenvalue weighted by Crippen LogP contribution is 2.45. The lowest BCUT2D eigenvalue weighted by Crippen LogP contribution is -2.40. The minimum atomic E-state index is -3.39. The van der Waals surface area contributed by atoms with Crippen LogP contribution in [-0.4, -0.2) is 38.0 Å². The van der Waals surface area contributed by atoms with E-state index in [0.29, 0.717) is 10.4 Å². The van der Waals surface area contributed by atoms with E-state index in [9.17, 15) is 13.2 Å². The average Bonchev–Trinajstić information content (AvgIpc) is 3.16. The molecule has 1 saturated carbocycles. The van der Waals surface area contributed by atoms with Gasteiger partial charge in [0.05, 0.1) is 24.5 Å². The van der Waals surface area contributed by atoms with E-state index in [0.717, 1.165) is 18.4 Å². The highest BCUT2D eigenvalue weighted by atomic mass is 79.9. The maximum absolute atomic E-state index is 12.4. The lowest BCUT2D eigenvalue weighted by molar-refractivity contribution is -0.137. The van der Waals surface area contributed by atoms with Gasteiger partial charge in [0.25, 0.3) is 0 Å². The van der Waals surface area contributed by atoms with Gasteiger partial charge in [0.15, 0.2) is 9.84 Å². The van der Waals surface area contributed by atoms with Crippen molar-refractivity contribution in [2.75, 3.05) is 13.2 Å². The van der Waals surface area contributed by atoms with Crippen LogP contribution >= 0.6 is 15.9 Å². The standard InChI is InChI=1S/C15H17BrO5S/c16-13-5-10(12(6-15(17)18)9-1-2-9)3-4-14(13)22(19,20)11-7-21-8-11/h3-5,9,11-12H,1-2,6-8H2,(H,17,18). The largest absolute Gasteiger partial charge is 0.481 e. The van der Waals surface area contributed by atoms with Gasteiger partial charge in [0.1, 0.15) is 5.25 Å². The molecule has 7 heteroatoms. The lowest BCUT2D eigenvalue weighted by Gasteiger charge is -2.26. The summed E-state index contributed by atoms with van der Waals surface area (Å²) in [6.07, 6.45) is 2.16. The molecule has 0 spiro atoms. The summed E-state index contributed by atoms with van der Waals surface area (Å²) in [6, 6.07) is 5.10. The molecule has 2 aliphatic rings. The van der Waals surface area contributed by atoms with Crippen molar-refractivity contribution in [3.63, 3.8) is 0 Å². The van der Waals surface area contributed by atoms with Gasteiger partial charge >= 0.3 is 5.97 Å². The number of carbonyl (C=O) groups is 1. The third kappa shape index (κ3) is 3.07. The van der Waals surface area contributed by atoms with E-state index in [4.69, 9.17) is 9.84 Å². The minimum absolute atomic E-state index is 0.0439. The molecule has 0 bridgehead atoms. The molecule has 1 aliphatic carbocycles. The normalized spacial score (nSPS) is 20.4. The third-order valence-corrected chi connectivity index (χ3v) is 7.36. The Balaban J connectivity index is 1.89. The van der Waals surface area contributed by atoms with Crippen LogP contribution in [0.5, 0.6) is 0 Å². The van der Waals surface area contributed by atoms with Crippen LogP contribution in [-0.2, 0) is 19.4 Å². The van der Waals surface area contributed by atoms with Crippen molar-refractivity contribution in [3.8, 4) is 0 Å². The molecule has 5 nitrogen and oxygen atoms in total. The second-order valence-corrected chi connectivity index (χ2v) is 8.99. The molecule has 1 aromatic carbocycles. The zero-order valence-electron chi connectivity index (χ0n) is 11.9. The van der Waals surface area contributed by atoms with Crippen molar-refractivity contribution in [1.82, 2.24) is 0 Å². The van der Waals surface area contributed by atoms with Crippen LogP contribution in [0.15, 0.2) is 27.6 Å². The van der Waals surface area contributed by atoms with E-state index in [2.05, 4.69) is 15.9 Å². The van der Waals surface area contributed by atoms with Gasteiger partial charge in [-0.05, 0) is 58.3 Å². The lowest BCUT2D eigenvalue weighted by atomic mass is 9.91. The van der Waals surface area contributed by atoms with E-state index in [1.807, 2.05) is 0 Å². The number of aliphatic carboxylic acids is 1. The molecule has 3 rings (SSSR count). The number of benzene rings is 1. The summed E-state index contributed by atoms with van der Waals surface area (Å²) in [5, 5.41) is 8.59. The molecular formula is C15H17BrO5S. The van der Waals surface area contributed by atoms with Crippen LogP contribution < -0.4 is 0 Å². The Hall–Kier alpha value is -0.920. The Labute approximate surface area is 137 Å². The first-order valence-electron chi connectivity index (χ1n) is 7.22. The van der Waals surface area contributed by atoms with Crippen molar-refractivity contribution in [2.45, 2.75) is 35.3 Å². The summed E-state index contributed by atoms with van der Waals surface area (Å²) in [7, 11) is -3.39. The molecule has 0 aromatic heterocycles. The van der Waals surface area contributed by atoms with Crippen LogP contribution in [0, 0.1) is 5.92 Å². The summed E-state index contributed by atoms with van der Waals surface area (Å²) in [5.41, 5.74) is 0.889. The minimum Gasteiger partial charge on any atom is -0.481 e. The average molecular weight is 389 g/mol. The Bertz CT molecular complexity index is 692. The van der Waals surface area contributed by atoms with Gasteiger partial charge in [-0.3, -0.25) is 4.79 Å². The van der Waals surface area contributed by atoms with Crippen LogP contribution in [0.3, 0.4) is 0 Å². The Morgan fingerprint density at radius 1 is 1.36 bits per heavy atom. The van der Waals surface area contributed by atoms with Gasteiger partial charge in [-0.15, -0.1) is 0 Å². The predicted molar refractivity (Wildman–Crippen MR) is 83.7 cm³/mol. The Kier molecular flexibility index (Phi) is 4.31. The maximum atomic E-state index is 12.4. The summed E-state index contributed by atoms with van der Waals surface area (Å²) in [4.78, 5) is 11.3. The van der Waals surface area contributed by atoms with Crippen molar-refractivity contribution < 1.29 is 23.1 Å². The molecule has 22 heavy (non-hydrogen) atoms. The van der Waals surface area contributed by atoms with E-state index < -0.39 is 21.1 Å². The number of carboxylic acid groups (broad SMARTS) is 1. The van der Waals surface area contributed by atoms with Gasteiger partial charge < -0.3 is 9.84 Å². The van der Waals surface area contributed by atoms with E-state index >= 15 is 0 Å². The predicted octanol–water partition coefficient (Wildman–Crippen LogP) is 2.59. The molecule has 1 atom stereocenters. The summed E-state index contributed by atoms with van der Waals surface area (Å²) in [5.74, 6) is -0.473. The van der Waals surface area contributed by atoms with Crippen molar-refractivity contribution in [1.29, 1.82) is 0 Å². The monoisotopic (exact) mass is 388 g/mol. The molecule has 1 aliphatic heterocycles. The molecule has 120 valence electrons. The van der Waals surface area contributed by atoms with Crippen LogP contribution in [0.2, 0.25) is 0 Å². The van der Waals surface area contributed by atoms with Crippen molar-refractivity contribution in [2.24, 2.45) is 5.92 Å². The van der Waals surface area contributed by atoms with E-state index in [1.165, 1.54) is 0 Å². The topological polar surface area (TPSA) is 80.7 Å². The number of hydrogen-bond donors (Lipinski definition) is 1. The highest BCUT2D eigenvalue weighted by molar-refractivity contribution is 9.10. The first kappa shape index (κ1) is 16.0. The fraction of sp³-hybridized carbons (Fsp3) is 0.533. The molecule has 1 unspecified atom stereocenters. The highest BCUT2D eigenvalue weighted by Gasteiger charge is 2.37. The molecule has 1 aromatic rings. The smallest absolute Gasteiger partial charge is 0.303 e. The zero-order chi connectivity index (χ0) is 15.9. The molecular weight excluding hydrogens is 372 g/mol. The molecule has 1 saturated heterocycles. The number of rotatable bonds is 6. The molecule has 0 amide bonds. The SMILES string of the molecule is O=C(O)CC(c1ccc(S(=O)(=O)C2COC2)c(Br)c1)C1CC1. The second-order valence-electron chi connectivity index (χ2n) is 5.94. The summed E-state index contributed by atoms with van der Waals surface area (Å²) in [6.45, 7) is 0.473. The molecule has 1 N–H and O–H groups in total. The van der Waals surface area contributed by atoms with Gasteiger partial charge in [-0.2, -0.15) is 0 Å². The van der Waals surface area contributed by atoms with Gasteiger partial charge in [-0.25, -0.2) is 8.42 Å². The molecule has 0 radical (unpaired) electrons. The summed E-state index contributed by atoms with van der Waals surface area (Å²) >= 11 is 3.34. The zero-order valence-corrected chi connectivity index (χ0v) is 14.3. The van der Waals surface area contributed by atoms with Crippen LogP contribution in [0.4, 0.5) is 0 Å². The molecule has 1 heterocycles. The number of sulfone groups is 1. The van der Waals surface area contributed by atoms with E-state index in [1.54, 1.807) is 18.2 Å². The maximum Gasteiger partial charge on any atom is 0.303 e. The number of halogens is 1.